The van der Waals surface area contributed by atoms with Crippen LogP contribution in [-0.2, 0) is 0 Å². The highest BCUT2D eigenvalue weighted by molar-refractivity contribution is 6.10. The van der Waals surface area contributed by atoms with Crippen LogP contribution in [0.3, 0.4) is 0 Å². The first kappa shape index (κ1) is 14.6. The van der Waals surface area contributed by atoms with Crippen molar-refractivity contribution in [3.63, 3.8) is 0 Å². The van der Waals surface area contributed by atoms with Crippen LogP contribution in [0.4, 0.5) is 13.2 Å². The van der Waals surface area contributed by atoms with E-state index in [0.29, 0.717) is 23.7 Å². The number of hydrogen-bond acceptors (Lipinski definition) is 2. The number of para-hydroxylation sites is 1. The second-order valence-corrected chi connectivity index (χ2v) is 4.65. The minimum Gasteiger partial charge on any atom is -0.483 e. The summed E-state index contributed by atoms with van der Waals surface area (Å²) >= 11 is 0. The second kappa shape index (κ2) is 6.11. The lowest BCUT2D eigenvalue weighted by Crippen LogP contribution is -2.20. The van der Waals surface area contributed by atoms with Crippen molar-refractivity contribution >= 4 is 5.71 Å². The average molecular weight is 283 g/mol. The molecule has 1 aromatic rings. The fraction of sp³-hybridized carbons (Fsp3) is 0.400. The van der Waals surface area contributed by atoms with Gasteiger partial charge in [-0.25, -0.2) is 0 Å². The minimum absolute atomic E-state index is 0.211. The molecule has 0 radical (unpaired) electrons. The van der Waals surface area contributed by atoms with Crippen molar-refractivity contribution in [2.24, 2.45) is 10.9 Å². The van der Waals surface area contributed by atoms with Crippen molar-refractivity contribution in [3.8, 4) is 5.75 Å². The van der Waals surface area contributed by atoms with Crippen LogP contribution in [0.5, 0.6) is 5.75 Å². The topological polar surface area (TPSA) is 21.6 Å². The lowest BCUT2D eigenvalue weighted by molar-refractivity contribution is -0.153. The Bertz CT molecular complexity index is 520. The largest absolute Gasteiger partial charge is 0.483 e. The summed E-state index contributed by atoms with van der Waals surface area (Å²) in [5.74, 6) is 0.616. The smallest absolute Gasteiger partial charge is 0.422 e. The Morgan fingerprint density at radius 1 is 1.30 bits per heavy atom. The Balaban J connectivity index is 2.17. The summed E-state index contributed by atoms with van der Waals surface area (Å²) in [4.78, 5) is 4.43. The number of benzene rings is 1. The first-order valence-electron chi connectivity index (χ1n) is 6.51. The van der Waals surface area contributed by atoms with Gasteiger partial charge in [-0.05, 0) is 30.5 Å². The van der Waals surface area contributed by atoms with Crippen molar-refractivity contribution in [3.05, 3.63) is 42.0 Å². The Kier molecular flexibility index (Phi) is 4.47. The summed E-state index contributed by atoms with van der Waals surface area (Å²) in [5, 5.41) is 0. The molecule has 0 fully saturated rings. The van der Waals surface area contributed by atoms with Crippen molar-refractivity contribution in [1.29, 1.82) is 0 Å². The van der Waals surface area contributed by atoms with Gasteiger partial charge in [-0.3, -0.25) is 4.99 Å². The van der Waals surface area contributed by atoms with Crippen molar-refractivity contribution in [1.82, 2.24) is 0 Å². The van der Waals surface area contributed by atoms with Gasteiger partial charge >= 0.3 is 6.18 Å². The van der Waals surface area contributed by atoms with Gasteiger partial charge in [0.05, 0.1) is 5.71 Å². The highest BCUT2D eigenvalue weighted by Gasteiger charge is 2.29. The number of alkyl halides is 3. The van der Waals surface area contributed by atoms with Crippen LogP contribution in [-0.4, -0.2) is 25.0 Å². The van der Waals surface area contributed by atoms with Gasteiger partial charge < -0.3 is 4.74 Å². The van der Waals surface area contributed by atoms with Crippen LogP contribution in [0, 0.1) is 5.92 Å². The maximum absolute atomic E-state index is 12.2. The standard InChI is InChI=1S/C15H16F3NO/c1-2-11-7-8-13(19-9-11)12-5-3-4-6-14(12)20-10-15(16,17)18/h3-8,11H,2,9-10H2,1H3. The predicted octanol–water partition coefficient (Wildman–Crippen LogP) is 4.01. The van der Waals surface area contributed by atoms with E-state index in [1.165, 1.54) is 6.07 Å². The molecule has 5 heteroatoms. The second-order valence-electron chi connectivity index (χ2n) is 4.65. The molecule has 1 aromatic carbocycles. The molecule has 2 nitrogen and oxygen atoms in total. The molecule has 0 saturated carbocycles. The van der Waals surface area contributed by atoms with E-state index in [0.717, 1.165) is 6.42 Å². The number of allylic oxidation sites excluding steroid dienone is 1. The van der Waals surface area contributed by atoms with Gasteiger partial charge in [0.1, 0.15) is 5.75 Å². The number of aliphatic imine (C=N–C) groups is 1. The highest BCUT2D eigenvalue weighted by atomic mass is 19.4. The zero-order valence-electron chi connectivity index (χ0n) is 11.2. The summed E-state index contributed by atoms with van der Waals surface area (Å²) in [6.45, 7) is 1.45. The Hall–Kier alpha value is -1.78. The van der Waals surface area contributed by atoms with E-state index in [1.807, 2.05) is 12.2 Å². The third kappa shape index (κ3) is 3.85. The molecule has 1 atom stereocenters. The Morgan fingerprint density at radius 3 is 2.65 bits per heavy atom. The maximum atomic E-state index is 12.2. The number of rotatable bonds is 4. The lowest BCUT2D eigenvalue weighted by atomic mass is 9.99. The van der Waals surface area contributed by atoms with E-state index in [9.17, 15) is 13.2 Å². The molecule has 1 aliphatic heterocycles. The summed E-state index contributed by atoms with van der Waals surface area (Å²) in [7, 11) is 0. The van der Waals surface area contributed by atoms with Crippen molar-refractivity contribution in [2.75, 3.05) is 13.2 Å². The summed E-state index contributed by atoms with van der Waals surface area (Å²) in [6.07, 6.45) is 0.556. The lowest BCUT2D eigenvalue weighted by Gasteiger charge is -2.17. The third-order valence-electron chi connectivity index (χ3n) is 3.10. The quantitative estimate of drug-likeness (QED) is 0.818. The van der Waals surface area contributed by atoms with E-state index < -0.39 is 12.8 Å². The predicted molar refractivity (Wildman–Crippen MR) is 72.3 cm³/mol. The summed E-state index contributed by atoms with van der Waals surface area (Å²) < 4.78 is 41.6. The normalized spacial score (nSPS) is 18.8. The van der Waals surface area contributed by atoms with Gasteiger partial charge in [0, 0.05) is 12.1 Å². The first-order valence-corrected chi connectivity index (χ1v) is 6.51. The molecule has 0 aliphatic carbocycles. The van der Waals surface area contributed by atoms with E-state index >= 15 is 0 Å². The van der Waals surface area contributed by atoms with Gasteiger partial charge in [-0.1, -0.05) is 25.1 Å². The number of ether oxygens (including phenoxy) is 1. The summed E-state index contributed by atoms with van der Waals surface area (Å²) in [6, 6.07) is 6.67. The van der Waals surface area contributed by atoms with Crippen LogP contribution < -0.4 is 4.74 Å². The SMILES string of the molecule is CCC1C=CC(c2ccccc2OCC(F)(F)F)=NC1. The molecule has 0 N–H and O–H groups in total. The van der Waals surface area contributed by atoms with E-state index in [-0.39, 0.29) is 5.75 Å². The number of dihydropyridines is 1. The molecule has 2 rings (SSSR count). The molecule has 1 heterocycles. The highest BCUT2D eigenvalue weighted by Crippen LogP contribution is 2.24. The Labute approximate surface area is 116 Å². The van der Waals surface area contributed by atoms with Gasteiger partial charge in [0.15, 0.2) is 6.61 Å². The molecule has 0 saturated heterocycles. The average Bonchev–Trinajstić information content (AvgIpc) is 2.45. The molecule has 108 valence electrons. The number of nitrogens with zero attached hydrogens (tertiary/aromatic N) is 1. The van der Waals surface area contributed by atoms with Gasteiger partial charge in [0.2, 0.25) is 0 Å². The van der Waals surface area contributed by atoms with Gasteiger partial charge in [-0.2, -0.15) is 13.2 Å². The van der Waals surface area contributed by atoms with Crippen LogP contribution in [0.25, 0.3) is 0 Å². The van der Waals surface area contributed by atoms with E-state index in [2.05, 4.69) is 11.9 Å². The molecular formula is C15H16F3NO. The maximum Gasteiger partial charge on any atom is 0.422 e. The minimum atomic E-state index is -4.34. The molecule has 0 spiro atoms. The van der Waals surface area contributed by atoms with Crippen LogP contribution in [0.2, 0.25) is 0 Å². The van der Waals surface area contributed by atoms with Crippen molar-refractivity contribution < 1.29 is 17.9 Å². The zero-order chi connectivity index (χ0) is 14.6. The molecule has 1 unspecified atom stereocenters. The van der Waals surface area contributed by atoms with Crippen molar-refractivity contribution in [2.45, 2.75) is 19.5 Å². The zero-order valence-corrected chi connectivity index (χ0v) is 11.2. The van der Waals surface area contributed by atoms with E-state index in [1.54, 1.807) is 18.2 Å². The molecule has 20 heavy (non-hydrogen) atoms. The number of halogens is 3. The molecule has 1 aliphatic rings. The molecule has 0 bridgehead atoms. The van der Waals surface area contributed by atoms with Gasteiger partial charge in [-0.15, -0.1) is 0 Å². The molecule has 0 aromatic heterocycles. The summed E-state index contributed by atoms with van der Waals surface area (Å²) in [5.41, 5.74) is 1.27. The molecular weight excluding hydrogens is 267 g/mol. The van der Waals surface area contributed by atoms with E-state index in [4.69, 9.17) is 4.74 Å². The fourth-order valence-electron chi connectivity index (χ4n) is 1.96. The third-order valence-corrected chi connectivity index (χ3v) is 3.10. The van der Waals surface area contributed by atoms with Crippen LogP contribution in [0.15, 0.2) is 41.4 Å². The van der Waals surface area contributed by atoms with Gasteiger partial charge in [0.25, 0.3) is 0 Å². The fourth-order valence-corrected chi connectivity index (χ4v) is 1.96. The molecule has 0 amide bonds. The monoisotopic (exact) mass is 283 g/mol. The first-order chi connectivity index (χ1) is 9.49. The van der Waals surface area contributed by atoms with Crippen LogP contribution in [0.1, 0.15) is 18.9 Å². The number of hydrogen-bond donors (Lipinski definition) is 0. The van der Waals surface area contributed by atoms with Crippen LogP contribution >= 0.6 is 0 Å². The Morgan fingerprint density at radius 2 is 2.05 bits per heavy atom.